The Morgan fingerprint density at radius 2 is 2.00 bits per heavy atom. The molecule has 1 heterocycles. The monoisotopic (exact) mass is 141 g/mol. The minimum Gasteiger partial charge on any atom is -0.303 e. The van der Waals surface area contributed by atoms with Gasteiger partial charge in [0, 0.05) is 6.04 Å². The van der Waals surface area contributed by atoms with E-state index in [1.807, 2.05) is 0 Å². The highest BCUT2D eigenvalue weighted by Gasteiger charge is 2.28. The van der Waals surface area contributed by atoms with E-state index >= 15 is 0 Å². The lowest BCUT2D eigenvalue weighted by Crippen LogP contribution is -2.28. The fourth-order valence-corrected chi connectivity index (χ4v) is 2.21. The Hall–Kier alpha value is -0.0400. The summed E-state index contributed by atoms with van der Waals surface area (Å²) >= 11 is 0. The zero-order valence-corrected chi connectivity index (χ0v) is 7.43. The van der Waals surface area contributed by atoms with Crippen molar-refractivity contribution in [3.8, 4) is 0 Å². The summed E-state index contributed by atoms with van der Waals surface area (Å²) in [5.41, 5.74) is 0. The van der Waals surface area contributed by atoms with Crippen molar-refractivity contribution < 1.29 is 0 Å². The molecule has 0 aliphatic carbocycles. The van der Waals surface area contributed by atoms with Crippen LogP contribution in [0.1, 0.15) is 33.1 Å². The third-order valence-electron chi connectivity index (χ3n) is 2.91. The van der Waals surface area contributed by atoms with E-state index in [0.717, 1.165) is 12.0 Å². The van der Waals surface area contributed by atoms with Crippen LogP contribution in [0.3, 0.4) is 0 Å². The van der Waals surface area contributed by atoms with Crippen molar-refractivity contribution in [2.45, 2.75) is 39.2 Å². The minimum absolute atomic E-state index is 0.880. The molecule has 60 valence electrons. The number of likely N-dealkylation sites (tertiary alicyclic amines) is 1. The van der Waals surface area contributed by atoms with Gasteiger partial charge in [-0.05, 0) is 32.4 Å². The summed E-state index contributed by atoms with van der Waals surface area (Å²) in [7, 11) is 2.25. The highest BCUT2D eigenvalue weighted by Crippen LogP contribution is 2.27. The molecule has 10 heavy (non-hydrogen) atoms. The molecule has 0 aromatic rings. The van der Waals surface area contributed by atoms with Crippen molar-refractivity contribution in [2.75, 3.05) is 13.6 Å². The first-order chi connectivity index (χ1) is 4.79. The molecule has 1 rings (SSSR count). The zero-order chi connectivity index (χ0) is 7.56. The van der Waals surface area contributed by atoms with Gasteiger partial charge in [-0.3, -0.25) is 0 Å². The number of rotatable bonds is 2. The lowest BCUT2D eigenvalue weighted by molar-refractivity contribution is 0.261. The summed E-state index contributed by atoms with van der Waals surface area (Å²) < 4.78 is 0. The summed E-state index contributed by atoms with van der Waals surface area (Å²) in [6.45, 7) is 5.93. The molecule has 0 N–H and O–H groups in total. The van der Waals surface area contributed by atoms with Crippen LogP contribution in [0.5, 0.6) is 0 Å². The molecule has 0 saturated carbocycles. The number of hydrogen-bond donors (Lipinski definition) is 0. The van der Waals surface area contributed by atoms with Crippen molar-refractivity contribution in [2.24, 2.45) is 5.92 Å². The molecule has 1 aliphatic rings. The summed E-state index contributed by atoms with van der Waals surface area (Å²) in [5, 5.41) is 0. The molecule has 0 bridgehead atoms. The molecule has 0 unspecified atom stereocenters. The van der Waals surface area contributed by atoms with Crippen molar-refractivity contribution >= 4 is 0 Å². The van der Waals surface area contributed by atoms with E-state index in [2.05, 4.69) is 25.8 Å². The third-order valence-corrected chi connectivity index (χ3v) is 2.91. The van der Waals surface area contributed by atoms with Crippen LogP contribution in [-0.4, -0.2) is 24.5 Å². The molecule has 0 aromatic heterocycles. The molecular formula is C9H19N. The summed E-state index contributed by atoms with van der Waals surface area (Å²) in [4.78, 5) is 2.51. The van der Waals surface area contributed by atoms with Gasteiger partial charge in [-0.15, -0.1) is 0 Å². The number of hydrogen-bond acceptors (Lipinski definition) is 1. The minimum atomic E-state index is 0.880. The first-order valence-electron chi connectivity index (χ1n) is 4.49. The second kappa shape index (κ2) is 3.38. The van der Waals surface area contributed by atoms with Gasteiger partial charge in [0.05, 0.1) is 0 Å². The van der Waals surface area contributed by atoms with Crippen molar-refractivity contribution in [3.05, 3.63) is 0 Å². The standard InChI is InChI=1S/C9H19N/c1-4-8-6-7-10(3)9(8)5-2/h8-9H,4-7H2,1-3H3/t8-,9-/m1/s1. The van der Waals surface area contributed by atoms with Crippen LogP contribution in [0.25, 0.3) is 0 Å². The first-order valence-corrected chi connectivity index (χ1v) is 4.49. The van der Waals surface area contributed by atoms with Crippen molar-refractivity contribution in [1.29, 1.82) is 0 Å². The molecule has 1 nitrogen and oxygen atoms in total. The topological polar surface area (TPSA) is 3.24 Å². The SMILES string of the molecule is CC[C@@H]1CCN(C)[C@@H]1CC. The molecule has 1 aliphatic heterocycles. The summed E-state index contributed by atoms with van der Waals surface area (Å²) in [5.74, 6) is 0.981. The second-order valence-electron chi connectivity index (χ2n) is 3.41. The van der Waals surface area contributed by atoms with Gasteiger partial charge >= 0.3 is 0 Å². The molecule has 0 amide bonds. The Balaban J connectivity index is 2.45. The highest BCUT2D eigenvalue weighted by molar-refractivity contribution is 4.82. The Kier molecular flexibility index (Phi) is 2.72. The zero-order valence-electron chi connectivity index (χ0n) is 7.43. The average molecular weight is 141 g/mol. The average Bonchev–Trinajstić information content (AvgIpc) is 2.30. The van der Waals surface area contributed by atoms with E-state index < -0.39 is 0 Å². The normalized spacial score (nSPS) is 35.1. The molecule has 1 saturated heterocycles. The van der Waals surface area contributed by atoms with Gasteiger partial charge in [0.15, 0.2) is 0 Å². The molecule has 0 radical (unpaired) electrons. The quantitative estimate of drug-likeness (QED) is 0.569. The van der Waals surface area contributed by atoms with E-state index in [-0.39, 0.29) is 0 Å². The molecule has 2 atom stereocenters. The Bertz CT molecular complexity index is 101. The molecule has 1 heteroatoms. The van der Waals surface area contributed by atoms with E-state index in [0.29, 0.717) is 0 Å². The largest absolute Gasteiger partial charge is 0.303 e. The fourth-order valence-electron chi connectivity index (χ4n) is 2.21. The predicted molar refractivity (Wildman–Crippen MR) is 45.1 cm³/mol. The van der Waals surface area contributed by atoms with Gasteiger partial charge in [0.2, 0.25) is 0 Å². The van der Waals surface area contributed by atoms with Crippen LogP contribution in [-0.2, 0) is 0 Å². The van der Waals surface area contributed by atoms with E-state index in [1.165, 1.54) is 25.8 Å². The Labute approximate surface area is 64.4 Å². The van der Waals surface area contributed by atoms with Gasteiger partial charge in [-0.25, -0.2) is 0 Å². The maximum absolute atomic E-state index is 2.51. The lowest BCUT2D eigenvalue weighted by Gasteiger charge is -2.22. The smallest absolute Gasteiger partial charge is 0.0118 e. The predicted octanol–water partition coefficient (Wildman–Crippen LogP) is 2.13. The molecular weight excluding hydrogens is 122 g/mol. The van der Waals surface area contributed by atoms with Crippen molar-refractivity contribution in [1.82, 2.24) is 4.90 Å². The highest BCUT2D eigenvalue weighted by atomic mass is 15.2. The lowest BCUT2D eigenvalue weighted by atomic mass is 9.96. The maximum Gasteiger partial charge on any atom is 0.0118 e. The van der Waals surface area contributed by atoms with E-state index in [4.69, 9.17) is 0 Å². The second-order valence-corrected chi connectivity index (χ2v) is 3.41. The van der Waals surface area contributed by atoms with Crippen molar-refractivity contribution in [3.63, 3.8) is 0 Å². The van der Waals surface area contributed by atoms with Gasteiger partial charge in [-0.1, -0.05) is 20.3 Å². The third kappa shape index (κ3) is 1.34. The van der Waals surface area contributed by atoms with Gasteiger partial charge < -0.3 is 4.90 Å². The number of nitrogens with zero attached hydrogens (tertiary/aromatic N) is 1. The van der Waals surface area contributed by atoms with Gasteiger partial charge in [0.25, 0.3) is 0 Å². The Morgan fingerprint density at radius 1 is 1.30 bits per heavy atom. The van der Waals surface area contributed by atoms with E-state index in [1.54, 1.807) is 0 Å². The van der Waals surface area contributed by atoms with E-state index in [9.17, 15) is 0 Å². The van der Waals surface area contributed by atoms with Gasteiger partial charge in [0.1, 0.15) is 0 Å². The van der Waals surface area contributed by atoms with Gasteiger partial charge in [-0.2, -0.15) is 0 Å². The summed E-state index contributed by atoms with van der Waals surface area (Å²) in [6, 6.07) is 0.880. The van der Waals surface area contributed by atoms with Crippen LogP contribution in [0.4, 0.5) is 0 Å². The fraction of sp³-hybridized carbons (Fsp3) is 1.00. The summed E-state index contributed by atoms with van der Waals surface area (Å²) in [6.07, 6.45) is 4.11. The maximum atomic E-state index is 2.51. The Morgan fingerprint density at radius 3 is 2.40 bits per heavy atom. The van der Waals surface area contributed by atoms with Crippen LogP contribution in [0, 0.1) is 5.92 Å². The van der Waals surface area contributed by atoms with Crippen LogP contribution < -0.4 is 0 Å². The molecule has 1 fully saturated rings. The van der Waals surface area contributed by atoms with Crippen LogP contribution in [0.15, 0.2) is 0 Å². The molecule has 0 spiro atoms. The first kappa shape index (κ1) is 8.06. The van der Waals surface area contributed by atoms with Crippen LogP contribution >= 0.6 is 0 Å². The molecule has 0 aromatic carbocycles. The van der Waals surface area contributed by atoms with Crippen LogP contribution in [0.2, 0.25) is 0 Å².